The van der Waals surface area contributed by atoms with E-state index in [9.17, 15) is 19.2 Å². The lowest BCUT2D eigenvalue weighted by atomic mass is 9.44. The van der Waals surface area contributed by atoms with Gasteiger partial charge in [-0.2, -0.15) is 0 Å². The highest BCUT2D eigenvalue weighted by atomic mass is 16.5. The van der Waals surface area contributed by atoms with Crippen molar-refractivity contribution < 1.29 is 28.7 Å². The first-order chi connectivity index (χ1) is 15.2. The highest BCUT2D eigenvalue weighted by Gasteiger charge is 2.62. The summed E-state index contributed by atoms with van der Waals surface area (Å²) < 4.78 is 9.66. The summed E-state index contributed by atoms with van der Waals surface area (Å²) in [5.74, 6) is 0.223. The molecule has 7 unspecified atom stereocenters. The summed E-state index contributed by atoms with van der Waals surface area (Å²) in [5, 5.41) is 0. The molecule has 0 heterocycles. The van der Waals surface area contributed by atoms with E-state index < -0.39 is 17.9 Å². The minimum Gasteiger partial charge on any atom is -0.468 e. The van der Waals surface area contributed by atoms with Gasteiger partial charge >= 0.3 is 11.9 Å². The van der Waals surface area contributed by atoms with Gasteiger partial charge in [0.05, 0.1) is 14.2 Å². The number of ketones is 2. The number of carbonyl (C=O) groups is 4. The Morgan fingerprint density at radius 2 is 1.59 bits per heavy atom. The molecule has 0 aromatic carbocycles. The van der Waals surface area contributed by atoms with Crippen molar-refractivity contribution in [3.05, 3.63) is 0 Å². The summed E-state index contributed by atoms with van der Waals surface area (Å²) in [4.78, 5) is 49.7. The predicted octanol–water partition coefficient (Wildman–Crippen LogP) is 4.14. The second-order valence-corrected chi connectivity index (χ2v) is 11.3. The smallest absolute Gasteiger partial charge is 0.320 e. The minimum absolute atomic E-state index is 0.0568. The molecule has 4 saturated carbocycles. The first kappa shape index (κ1) is 23.4. The molecule has 7 atom stereocenters. The van der Waals surface area contributed by atoms with Gasteiger partial charge in [-0.1, -0.05) is 13.8 Å². The van der Waals surface area contributed by atoms with Gasteiger partial charge in [-0.15, -0.1) is 0 Å². The maximum Gasteiger partial charge on any atom is 0.320 e. The van der Waals surface area contributed by atoms with E-state index in [0.717, 1.165) is 38.5 Å². The van der Waals surface area contributed by atoms with E-state index in [2.05, 4.69) is 13.8 Å². The van der Waals surface area contributed by atoms with Gasteiger partial charge in [0, 0.05) is 25.2 Å². The van der Waals surface area contributed by atoms with Crippen molar-refractivity contribution in [1.82, 2.24) is 0 Å². The van der Waals surface area contributed by atoms with Crippen LogP contribution in [0.15, 0.2) is 0 Å². The van der Waals surface area contributed by atoms with Crippen LogP contribution in [0.1, 0.15) is 78.1 Å². The second kappa shape index (κ2) is 8.57. The van der Waals surface area contributed by atoms with Gasteiger partial charge in [-0.05, 0) is 79.4 Å². The number of carbonyl (C=O) groups excluding carboxylic acids is 4. The quantitative estimate of drug-likeness (QED) is 0.466. The zero-order valence-electron chi connectivity index (χ0n) is 20.0. The molecule has 6 nitrogen and oxygen atoms in total. The van der Waals surface area contributed by atoms with Gasteiger partial charge in [0.15, 0.2) is 5.92 Å². The van der Waals surface area contributed by atoms with Crippen LogP contribution < -0.4 is 0 Å². The molecule has 6 heteroatoms. The summed E-state index contributed by atoms with van der Waals surface area (Å²) in [7, 11) is 2.60. The van der Waals surface area contributed by atoms with E-state index in [1.807, 2.05) is 0 Å². The molecule has 0 aromatic heterocycles. The van der Waals surface area contributed by atoms with Gasteiger partial charge in [-0.25, -0.2) is 0 Å². The van der Waals surface area contributed by atoms with Crippen LogP contribution in [0.2, 0.25) is 0 Å². The summed E-state index contributed by atoms with van der Waals surface area (Å²) in [5.41, 5.74) is 0.161. The first-order valence-corrected chi connectivity index (χ1v) is 12.4. The third kappa shape index (κ3) is 3.62. The third-order valence-electron chi connectivity index (χ3n) is 10.3. The Hall–Kier alpha value is -1.72. The summed E-state index contributed by atoms with van der Waals surface area (Å²) in [6.07, 6.45) is 8.12. The number of fused-ring (bicyclic) bond motifs is 5. The van der Waals surface area contributed by atoms with Crippen LogP contribution in [0.5, 0.6) is 0 Å². The lowest BCUT2D eigenvalue weighted by Crippen LogP contribution is -2.56. The lowest BCUT2D eigenvalue weighted by Gasteiger charge is -2.59. The van der Waals surface area contributed by atoms with E-state index in [1.165, 1.54) is 14.2 Å². The van der Waals surface area contributed by atoms with E-state index >= 15 is 0 Å². The van der Waals surface area contributed by atoms with E-state index in [0.29, 0.717) is 55.0 Å². The van der Waals surface area contributed by atoms with E-state index in [1.54, 1.807) is 0 Å². The molecule has 178 valence electrons. The van der Waals surface area contributed by atoms with E-state index in [4.69, 9.17) is 9.47 Å². The van der Waals surface area contributed by atoms with Gasteiger partial charge in [0.25, 0.3) is 0 Å². The Morgan fingerprint density at radius 3 is 2.25 bits per heavy atom. The summed E-state index contributed by atoms with van der Waals surface area (Å²) >= 11 is 0. The summed E-state index contributed by atoms with van der Waals surface area (Å²) in [6, 6.07) is 0. The first-order valence-electron chi connectivity index (χ1n) is 12.4. The van der Waals surface area contributed by atoms with E-state index in [-0.39, 0.29) is 22.7 Å². The molecular weight excluding hydrogens is 408 g/mol. The Labute approximate surface area is 191 Å². The van der Waals surface area contributed by atoms with Crippen molar-refractivity contribution in [2.24, 2.45) is 46.3 Å². The van der Waals surface area contributed by atoms with Crippen LogP contribution in [-0.4, -0.2) is 37.7 Å². The fourth-order valence-corrected chi connectivity index (χ4v) is 8.29. The highest BCUT2D eigenvalue weighted by molar-refractivity contribution is 5.94. The van der Waals surface area contributed by atoms with Crippen molar-refractivity contribution >= 4 is 23.5 Å². The summed E-state index contributed by atoms with van der Waals surface area (Å²) in [6.45, 7) is 4.68. The second-order valence-electron chi connectivity index (χ2n) is 11.3. The fourth-order valence-electron chi connectivity index (χ4n) is 8.29. The topological polar surface area (TPSA) is 86.7 Å². The largest absolute Gasteiger partial charge is 0.468 e. The Kier molecular flexibility index (Phi) is 6.28. The zero-order valence-corrected chi connectivity index (χ0v) is 20.0. The molecule has 0 radical (unpaired) electrons. The normalized spacial score (nSPS) is 41.0. The van der Waals surface area contributed by atoms with Crippen molar-refractivity contribution in [1.29, 1.82) is 0 Å². The molecule has 0 N–H and O–H groups in total. The molecule has 0 aliphatic heterocycles. The van der Waals surface area contributed by atoms with Crippen molar-refractivity contribution in [2.45, 2.75) is 78.1 Å². The Morgan fingerprint density at radius 1 is 0.938 bits per heavy atom. The monoisotopic (exact) mass is 446 g/mol. The molecule has 4 fully saturated rings. The van der Waals surface area contributed by atoms with Gasteiger partial charge < -0.3 is 9.47 Å². The number of hydrogen-bond donors (Lipinski definition) is 0. The zero-order chi connectivity index (χ0) is 23.3. The highest BCUT2D eigenvalue weighted by Crippen LogP contribution is 2.67. The van der Waals surface area contributed by atoms with Crippen LogP contribution >= 0.6 is 0 Å². The maximum absolute atomic E-state index is 13.4. The third-order valence-corrected chi connectivity index (χ3v) is 10.3. The molecule has 0 spiro atoms. The van der Waals surface area contributed by atoms with Crippen molar-refractivity contribution in [2.75, 3.05) is 14.2 Å². The van der Waals surface area contributed by atoms with Crippen LogP contribution in [0, 0.1) is 46.3 Å². The average molecular weight is 447 g/mol. The number of hydrogen-bond acceptors (Lipinski definition) is 6. The van der Waals surface area contributed by atoms with Crippen LogP contribution in [0.3, 0.4) is 0 Å². The molecule has 0 bridgehead atoms. The fraction of sp³-hybridized carbons (Fsp3) is 0.846. The Bertz CT molecular complexity index is 788. The van der Waals surface area contributed by atoms with Gasteiger partial charge in [-0.3, -0.25) is 19.2 Å². The minimum atomic E-state index is -0.875. The number of ether oxygens (including phenoxy) is 2. The maximum atomic E-state index is 13.4. The molecular formula is C26H38O6. The van der Waals surface area contributed by atoms with Gasteiger partial charge in [0.2, 0.25) is 0 Å². The van der Waals surface area contributed by atoms with Gasteiger partial charge in [0.1, 0.15) is 11.6 Å². The standard InChI is InChI=1S/C26H38O6/c1-25-12-10-20-22(21(28)14-16-13-17(27)9-11-26(16,20)2)19(25)8-6-15(25)5-7-18(23(29)31-3)24(30)32-4/h15-16,18-20,22H,5-14H2,1-4H3. The predicted molar refractivity (Wildman–Crippen MR) is 117 cm³/mol. The molecule has 0 saturated heterocycles. The SMILES string of the molecule is COC(=O)C(CCC1CCC2C3C(=O)CC4CC(=O)CCC4(C)C3CCC12C)C(=O)OC. The average Bonchev–Trinajstić information content (AvgIpc) is 3.11. The number of rotatable bonds is 5. The molecule has 0 amide bonds. The number of methoxy groups -OCH3 is 2. The number of Topliss-reactive ketones (excluding diaryl/α,β-unsaturated/α-hetero) is 2. The molecule has 32 heavy (non-hydrogen) atoms. The Balaban J connectivity index is 1.51. The molecule has 4 aliphatic carbocycles. The molecule has 0 aromatic rings. The molecule has 4 aliphatic rings. The van der Waals surface area contributed by atoms with Crippen LogP contribution in [0.25, 0.3) is 0 Å². The lowest BCUT2D eigenvalue weighted by molar-refractivity contribution is -0.159. The number of esters is 2. The van der Waals surface area contributed by atoms with Crippen molar-refractivity contribution in [3.63, 3.8) is 0 Å². The van der Waals surface area contributed by atoms with Crippen molar-refractivity contribution in [3.8, 4) is 0 Å². The van der Waals surface area contributed by atoms with Crippen LogP contribution in [-0.2, 0) is 28.7 Å². The molecule has 4 rings (SSSR count). The van der Waals surface area contributed by atoms with Crippen LogP contribution in [0.4, 0.5) is 0 Å².